The lowest BCUT2D eigenvalue weighted by atomic mass is 10.1. The molecule has 0 saturated carbocycles. The molecule has 1 fully saturated rings. The first-order chi connectivity index (χ1) is 8.97. The molecule has 1 atom stereocenters. The van der Waals surface area contributed by atoms with Gasteiger partial charge in [0.05, 0.1) is 0 Å². The molecule has 1 saturated heterocycles. The highest BCUT2D eigenvalue weighted by Crippen LogP contribution is 2.08. The van der Waals surface area contributed by atoms with E-state index in [0.717, 1.165) is 25.8 Å². The molecule has 8 heteroatoms. The number of hydrogen-bond donors (Lipinski definition) is 2. The summed E-state index contributed by atoms with van der Waals surface area (Å²) in [7, 11) is -3.62. The van der Waals surface area contributed by atoms with Crippen LogP contribution < -0.4 is 10.0 Å². The number of aryl methyl sites for hydroxylation is 2. The first-order valence-electron chi connectivity index (χ1n) is 6.53. The van der Waals surface area contributed by atoms with Crippen molar-refractivity contribution in [3.63, 3.8) is 0 Å². The van der Waals surface area contributed by atoms with E-state index in [9.17, 15) is 8.42 Å². The van der Waals surface area contributed by atoms with Crippen molar-refractivity contribution in [3.05, 3.63) is 17.5 Å². The van der Waals surface area contributed by atoms with E-state index in [1.54, 1.807) is 19.9 Å². The largest absolute Gasteiger partial charge is 0.313 e. The molecule has 0 aliphatic carbocycles. The van der Waals surface area contributed by atoms with Crippen LogP contribution in [0.2, 0.25) is 0 Å². The van der Waals surface area contributed by atoms with Gasteiger partial charge in [-0.3, -0.25) is 0 Å². The normalized spacial score (nSPS) is 19.4. The van der Waals surface area contributed by atoms with Crippen LogP contribution in [0.3, 0.4) is 0 Å². The van der Waals surface area contributed by atoms with Gasteiger partial charge < -0.3 is 5.32 Å². The fourth-order valence-corrected chi connectivity index (χ4v) is 3.26. The Morgan fingerprint density at radius 2 is 1.95 bits per heavy atom. The number of halogens is 1. The monoisotopic (exact) mass is 320 g/mol. The number of hydrogen-bond acceptors (Lipinski definition) is 5. The van der Waals surface area contributed by atoms with Gasteiger partial charge in [-0.05, 0) is 39.3 Å². The van der Waals surface area contributed by atoms with Crippen LogP contribution >= 0.6 is 12.4 Å². The standard InChI is InChI=1S/C12H20N4O2S.ClH/c1-9-7-10(2)16-12(15-9)19(17,18)14-8-11-5-3-4-6-13-11;/h7,11,13-14H,3-6,8H2,1-2H3;1H. The predicted octanol–water partition coefficient (Wildman–Crippen LogP) is 0.936. The van der Waals surface area contributed by atoms with Gasteiger partial charge in [-0.25, -0.2) is 23.1 Å². The van der Waals surface area contributed by atoms with Gasteiger partial charge in [0.15, 0.2) is 0 Å². The lowest BCUT2D eigenvalue weighted by molar-refractivity contribution is 0.398. The van der Waals surface area contributed by atoms with Crippen LogP contribution in [0, 0.1) is 13.8 Å². The first-order valence-corrected chi connectivity index (χ1v) is 8.01. The molecule has 2 heterocycles. The summed E-state index contributed by atoms with van der Waals surface area (Å²) in [5.74, 6) is 0. The minimum Gasteiger partial charge on any atom is -0.313 e. The minimum atomic E-state index is -3.62. The van der Waals surface area contributed by atoms with Crippen LogP contribution in [0.25, 0.3) is 0 Å². The fourth-order valence-electron chi connectivity index (χ4n) is 2.19. The van der Waals surface area contributed by atoms with Crippen LogP contribution in [0.1, 0.15) is 30.7 Å². The van der Waals surface area contributed by atoms with E-state index in [1.165, 1.54) is 0 Å². The molecule has 20 heavy (non-hydrogen) atoms. The molecule has 1 unspecified atom stereocenters. The van der Waals surface area contributed by atoms with Gasteiger partial charge in [0.2, 0.25) is 0 Å². The van der Waals surface area contributed by atoms with E-state index in [0.29, 0.717) is 17.9 Å². The minimum absolute atomic E-state index is 0. The second-order valence-corrected chi connectivity index (χ2v) is 6.59. The third-order valence-corrected chi connectivity index (χ3v) is 4.34. The van der Waals surface area contributed by atoms with Crippen LogP contribution in [0.4, 0.5) is 0 Å². The number of rotatable bonds is 4. The molecule has 0 radical (unpaired) electrons. The van der Waals surface area contributed by atoms with Gasteiger partial charge in [-0.15, -0.1) is 12.4 Å². The van der Waals surface area contributed by atoms with Crippen molar-refractivity contribution >= 4 is 22.4 Å². The molecule has 1 aliphatic rings. The maximum Gasteiger partial charge on any atom is 0.276 e. The van der Waals surface area contributed by atoms with Crippen LogP contribution in [-0.4, -0.2) is 37.5 Å². The van der Waals surface area contributed by atoms with Crippen molar-refractivity contribution in [2.24, 2.45) is 0 Å². The van der Waals surface area contributed by atoms with Gasteiger partial charge in [-0.2, -0.15) is 0 Å². The number of aromatic nitrogens is 2. The molecule has 0 aromatic carbocycles. The molecular weight excluding hydrogens is 300 g/mol. The lowest BCUT2D eigenvalue weighted by Gasteiger charge is -2.23. The van der Waals surface area contributed by atoms with Crippen LogP contribution in [0.15, 0.2) is 11.2 Å². The fraction of sp³-hybridized carbons (Fsp3) is 0.667. The Kier molecular flexibility index (Phi) is 6.32. The molecule has 6 nitrogen and oxygen atoms in total. The summed E-state index contributed by atoms with van der Waals surface area (Å²) in [5.41, 5.74) is 1.31. The molecule has 2 N–H and O–H groups in total. The average molecular weight is 321 g/mol. The average Bonchev–Trinajstić information content (AvgIpc) is 2.37. The summed E-state index contributed by atoms with van der Waals surface area (Å²) >= 11 is 0. The summed E-state index contributed by atoms with van der Waals surface area (Å²) in [6.07, 6.45) is 3.29. The second kappa shape index (κ2) is 7.31. The smallest absolute Gasteiger partial charge is 0.276 e. The van der Waals surface area contributed by atoms with Crippen LogP contribution in [0.5, 0.6) is 0 Å². The van der Waals surface area contributed by atoms with Crippen LogP contribution in [-0.2, 0) is 10.0 Å². The third kappa shape index (κ3) is 4.66. The molecule has 1 aromatic heterocycles. The van der Waals surface area contributed by atoms with Crippen molar-refractivity contribution in [1.82, 2.24) is 20.0 Å². The maximum atomic E-state index is 12.1. The zero-order chi connectivity index (χ0) is 13.9. The Morgan fingerprint density at radius 3 is 2.50 bits per heavy atom. The van der Waals surface area contributed by atoms with Gasteiger partial charge in [0.25, 0.3) is 15.2 Å². The Bertz CT molecular complexity index is 524. The zero-order valence-corrected chi connectivity index (χ0v) is 13.4. The van der Waals surface area contributed by atoms with Gasteiger partial charge in [0, 0.05) is 24.0 Å². The molecular formula is C12H21ClN4O2S. The lowest BCUT2D eigenvalue weighted by Crippen LogP contribution is -2.43. The maximum absolute atomic E-state index is 12.1. The molecule has 0 amide bonds. The number of sulfonamides is 1. The number of nitrogens with zero attached hydrogens (tertiary/aromatic N) is 2. The molecule has 114 valence electrons. The van der Waals surface area contributed by atoms with E-state index in [1.807, 2.05) is 0 Å². The Balaban J connectivity index is 0.00000200. The molecule has 1 aliphatic heterocycles. The Morgan fingerprint density at radius 1 is 1.30 bits per heavy atom. The highest BCUT2D eigenvalue weighted by atomic mass is 35.5. The summed E-state index contributed by atoms with van der Waals surface area (Å²) in [6.45, 7) is 4.86. The van der Waals surface area contributed by atoms with Crippen molar-refractivity contribution in [3.8, 4) is 0 Å². The van der Waals surface area contributed by atoms with E-state index in [4.69, 9.17) is 0 Å². The van der Waals surface area contributed by atoms with Gasteiger partial charge in [0.1, 0.15) is 0 Å². The number of piperidine rings is 1. The highest BCUT2D eigenvalue weighted by Gasteiger charge is 2.21. The van der Waals surface area contributed by atoms with Crippen molar-refractivity contribution in [1.29, 1.82) is 0 Å². The first kappa shape index (κ1) is 17.3. The van der Waals surface area contributed by atoms with E-state index in [2.05, 4.69) is 20.0 Å². The zero-order valence-electron chi connectivity index (χ0n) is 11.7. The Labute approximate surface area is 126 Å². The van der Waals surface area contributed by atoms with Crippen molar-refractivity contribution in [2.75, 3.05) is 13.1 Å². The molecule has 2 rings (SSSR count). The SMILES string of the molecule is Cc1cc(C)nc(S(=O)(=O)NCC2CCCCN2)n1.Cl. The predicted molar refractivity (Wildman–Crippen MR) is 79.6 cm³/mol. The second-order valence-electron chi connectivity index (χ2n) is 4.93. The Hall–Kier alpha value is -0.760. The van der Waals surface area contributed by atoms with E-state index < -0.39 is 10.0 Å². The van der Waals surface area contributed by atoms with E-state index >= 15 is 0 Å². The third-order valence-electron chi connectivity index (χ3n) is 3.13. The highest BCUT2D eigenvalue weighted by molar-refractivity contribution is 7.89. The molecule has 0 spiro atoms. The molecule has 1 aromatic rings. The summed E-state index contributed by atoms with van der Waals surface area (Å²) in [6, 6.07) is 1.95. The van der Waals surface area contributed by atoms with Gasteiger partial charge >= 0.3 is 0 Å². The van der Waals surface area contributed by atoms with Crippen molar-refractivity contribution < 1.29 is 8.42 Å². The van der Waals surface area contributed by atoms with E-state index in [-0.39, 0.29) is 23.6 Å². The molecule has 0 bridgehead atoms. The topological polar surface area (TPSA) is 84.0 Å². The van der Waals surface area contributed by atoms with Gasteiger partial charge in [-0.1, -0.05) is 6.42 Å². The quantitative estimate of drug-likeness (QED) is 0.806. The summed E-state index contributed by atoms with van der Waals surface area (Å²) < 4.78 is 26.8. The number of nitrogens with one attached hydrogen (secondary N) is 2. The summed E-state index contributed by atoms with van der Waals surface area (Å²) in [4.78, 5) is 7.97. The summed E-state index contributed by atoms with van der Waals surface area (Å²) in [5, 5.41) is 3.16. The van der Waals surface area contributed by atoms with Crippen molar-refractivity contribution in [2.45, 2.75) is 44.3 Å².